The van der Waals surface area contributed by atoms with Crippen molar-refractivity contribution >= 4 is 45.2 Å². The zero-order valence-corrected chi connectivity index (χ0v) is 12.6. The number of hydrogen-bond donors (Lipinski definition) is 0. The lowest BCUT2D eigenvalue weighted by Gasteiger charge is -2.14. The molecule has 0 radical (unpaired) electrons. The molecule has 1 atom stereocenters. The van der Waals surface area contributed by atoms with Gasteiger partial charge in [-0.15, -0.1) is 11.6 Å². The van der Waals surface area contributed by atoms with E-state index in [4.69, 9.17) is 11.6 Å². The molecule has 0 aliphatic heterocycles. The van der Waals surface area contributed by atoms with E-state index in [1.165, 1.54) is 0 Å². The fourth-order valence-corrected chi connectivity index (χ4v) is 2.55. The third-order valence-electron chi connectivity index (χ3n) is 2.96. The van der Waals surface area contributed by atoms with Gasteiger partial charge in [-0.3, -0.25) is 0 Å². The molecule has 0 aliphatic rings. The van der Waals surface area contributed by atoms with E-state index in [2.05, 4.69) is 18.8 Å². The van der Waals surface area contributed by atoms with E-state index >= 15 is 0 Å². The second-order valence-corrected chi connectivity index (χ2v) is 5.47. The van der Waals surface area contributed by atoms with Gasteiger partial charge >= 0.3 is 0 Å². The Labute approximate surface area is 118 Å². The Hall–Kier alpha value is -0.360. The van der Waals surface area contributed by atoms with E-state index in [-0.39, 0.29) is 11.9 Å². The molecule has 0 amide bonds. The van der Waals surface area contributed by atoms with E-state index < -0.39 is 0 Å². The molecule has 0 bridgehead atoms. The lowest BCUT2D eigenvalue weighted by molar-refractivity contribution is 0.528. The fraction of sp³-hybridized carbons (Fsp3) is 0.417. The SMILES string of the molecule is CCC(C)n1c(CCl)nc2cc(I)c(F)cc21. The molecule has 0 N–H and O–H groups in total. The summed E-state index contributed by atoms with van der Waals surface area (Å²) in [6.07, 6.45) is 0.961. The summed E-state index contributed by atoms with van der Waals surface area (Å²) in [6, 6.07) is 3.58. The van der Waals surface area contributed by atoms with Crippen LogP contribution >= 0.6 is 34.2 Å². The van der Waals surface area contributed by atoms with Gasteiger partial charge in [0.2, 0.25) is 0 Å². The summed E-state index contributed by atoms with van der Waals surface area (Å²) in [7, 11) is 0. The number of alkyl halides is 1. The lowest BCUT2D eigenvalue weighted by atomic mass is 10.2. The number of imidazole rings is 1. The number of halogens is 3. The zero-order valence-electron chi connectivity index (χ0n) is 9.67. The van der Waals surface area contributed by atoms with Crippen molar-refractivity contribution in [3.8, 4) is 0 Å². The number of benzene rings is 1. The molecule has 2 rings (SSSR count). The predicted molar refractivity (Wildman–Crippen MR) is 77.0 cm³/mol. The van der Waals surface area contributed by atoms with Crippen LogP contribution < -0.4 is 0 Å². The van der Waals surface area contributed by atoms with Crippen LogP contribution in [0.15, 0.2) is 12.1 Å². The molecule has 17 heavy (non-hydrogen) atoms. The molecule has 0 saturated carbocycles. The van der Waals surface area contributed by atoms with Crippen LogP contribution in [0.1, 0.15) is 32.1 Å². The quantitative estimate of drug-likeness (QED) is 0.578. The van der Waals surface area contributed by atoms with Gasteiger partial charge in [-0.05, 0) is 42.0 Å². The third-order valence-corrected chi connectivity index (χ3v) is 4.02. The summed E-state index contributed by atoms with van der Waals surface area (Å²) in [5.74, 6) is 0.943. The average molecular weight is 367 g/mol. The summed E-state index contributed by atoms with van der Waals surface area (Å²) >= 11 is 7.88. The van der Waals surface area contributed by atoms with Gasteiger partial charge in [0.25, 0.3) is 0 Å². The van der Waals surface area contributed by atoms with Crippen LogP contribution in [0.4, 0.5) is 4.39 Å². The zero-order chi connectivity index (χ0) is 12.6. The van der Waals surface area contributed by atoms with Crippen LogP contribution in [0.3, 0.4) is 0 Å². The van der Waals surface area contributed by atoms with E-state index in [9.17, 15) is 4.39 Å². The minimum absolute atomic E-state index is 0.205. The second-order valence-electron chi connectivity index (χ2n) is 4.04. The summed E-state index contributed by atoms with van der Waals surface area (Å²) < 4.78 is 16.2. The molecule has 1 aromatic carbocycles. The highest BCUT2D eigenvalue weighted by atomic mass is 127. The molecule has 92 valence electrons. The Morgan fingerprint density at radius 3 is 2.82 bits per heavy atom. The predicted octanol–water partition coefficient (Wildman–Crippen LogP) is 4.49. The monoisotopic (exact) mass is 366 g/mol. The Balaban J connectivity index is 2.74. The van der Waals surface area contributed by atoms with Gasteiger partial charge in [0.15, 0.2) is 0 Å². The molecule has 1 aromatic heterocycles. The van der Waals surface area contributed by atoms with Crippen molar-refractivity contribution in [3.63, 3.8) is 0 Å². The molecule has 2 nitrogen and oxygen atoms in total. The van der Waals surface area contributed by atoms with Crippen LogP contribution in [-0.4, -0.2) is 9.55 Å². The first-order valence-electron chi connectivity index (χ1n) is 5.50. The summed E-state index contributed by atoms with van der Waals surface area (Å²) in [5.41, 5.74) is 1.64. The average Bonchev–Trinajstić information content (AvgIpc) is 2.66. The molecule has 1 unspecified atom stereocenters. The highest BCUT2D eigenvalue weighted by Crippen LogP contribution is 2.26. The molecule has 0 saturated heterocycles. The van der Waals surface area contributed by atoms with Crippen molar-refractivity contribution in [1.82, 2.24) is 9.55 Å². The number of fused-ring (bicyclic) bond motifs is 1. The van der Waals surface area contributed by atoms with Crippen molar-refractivity contribution < 1.29 is 4.39 Å². The number of aromatic nitrogens is 2. The Bertz CT molecular complexity index is 553. The highest BCUT2D eigenvalue weighted by Gasteiger charge is 2.16. The van der Waals surface area contributed by atoms with E-state index in [0.717, 1.165) is 23.3 Å². The number of hydrogen-bond acceptors (Lipinski definition) is 1. The molecular formula is C12H13ClFIN2. The van der Waals surface area contributed by atoms with Crippen LogP contribution in [0.2, 0.25) is 0 Å². The van der Waals surface area contributed by atoms with Crippen LogP contribution in [-0.2, 0) is 5.88 Å². The van der Waals surface area contributed by atoms with Crippen molar-refractivity contribution in [2.75, 3.05) is 0 Å². The van der Waals surface area contributed by atoms with Crippen molar-refractivity contribution in [2.24, 2.45) is 0 Å². The standard InChI is InChI=1S/C12H13ClFIN2/c1-3-7(2)17-11-4-8(14)9(15)5-10(11)16-12(17)6-13/h4-5,7H,3,6H2,1-2H3. The fourth-order valence-electron chi connectivity index (χ4n) is 1.91. The van der Waals surface area contributed by atoms with Crippen molar-refractivity contribution in [3.05, 3.63) is 27.3 Å². The summed E-state index contributed by atoms with van der Waals surface area (Å²) in [6.45, 7) is 4.19. The highest BCUT2D eigenvalue weighted by molar-refractivity contribution is 14.1. The largest absolute Gasteiger partial charge is 0.324 e. The summed E-state index contributed by atoms with van der Waals surface area (Å²) in [5, 5.41) is 0. The van der Waals surface area contributed by atoms with Gasteiger partial charge < -0.3 is 4.57 Å². The molecule has 1 heterocycles. The molecule has 0 fully saturated rings. The first-order valence-corrected chi connectivity index (χ1v) is 7.11. The van der Waals surface area contributed by atoms with Crippen LogP contribution in [0, 0.1) is 9.39 Å². The molecule has 5 heteroatoms. The number of rotatable bonds is 3. The summed E-state index contributed by atoms with van der Waals surface area (Å²) in [4.78, 5) is 4.46. The molecular weight excluding hydrogens is 354 g/mol. The van der Waals surface area contributed by atoms with Gasteiger partial charge in [0, 0.05) is 12.1 Å². The van der Waals surface area contributed by atoms with E-state index in [0.29, 0.717) is 9.45 Å². The molecule has 0 spiro atoms. The topological polar surface area (TPSA) is 17.8 Å². The Morgan fingerprint density at radius 2 is 2.24 bits per heavy atom. The van der Waals surface area contributed by atoms with E-state index in [1.54, 1.807) is 12.1 Å². The maximum Gasteiger partial charge on any atom is 0.138 e. The van der Waals surface area contributed by atoms with E-state index in [1.807, 2.05) is 27.2 Å². The smallest absolute Gasteiger partial charge is 0.138 e. The van der Waals surface area contributed by atoms with Gasteiger partial charge in [-0.2, -0.15) is 0 Å². The second kappa shape index (κ2) is 5.10. The maximum atomic E-state index is 13.6. The minimum Gasteiger partial charge on any atom is -0.324 e. The van der Waals surface area contributed by atoms with Crippen LogP contribution in [0.5, 0.6) is 0 Å². The minimum atomic E-state index is -0.205. The Morgan fingerprint density at radius 1 is 1.53 bits per heavy atom. The molecule has 0 aliphatic carbocycles. The Kier molecular flexibility index (Phi) is 3.92. The third kappa shape index (κ3) is 2.29. The van der Waals surface area contributed by atoms with Crippen molar-refractivity contribution in [1.29, 1.82) is 0 Å². The van der Waals surface area contributed by atoms with Gasteiger partial charge in [0.05, 0.1) is 20.5 Å². The lowest BCUT2D eigenvalue weighted by Crippen LogP contribution is -2.07. The van der Waals surface area contributed by atoms with Gasteiger partial charge in [0.1, 0.15) is 11.6 Å². The van der Waals surface area contributed by atoms with Crippen molar-refractivity contribution in [2.45, 2.75) is 32.2 Å². The maximum absolute atomic E-state index is 13.6. The first-order chi connectivity index (χ1) is 8.08. The molecule has 2 aromatic rings. The van der Waals surface area contributed by atoms with Gasteiger partial charge in [-0.1, -0.05) is 6.92 Å². The first kappa shape index (κ1) is 13.1. The normalized spacial score (nSPS) is 13.2. The van der Waals surface area contributed by atoms with Gasteiger partial charge in [-0.25, -0.2) is 9.37 Å². The number of nitrogens with zero attached hydrogens (tertiary/aromatic N) is 2. The van der Waals surface area contributed by atoms with Crippen LogP contribution in [0.25, 0.3) is 11.0 Å².